The van der Waals surface area contributed by atoms with E-state index in [1.54, 1.807) is 12.4 Å². The first-order valence-electron chi connectivity index (χ1n) is 9.10. The van der Waals surface area contributed by atoms with Crippen LogP contribution in [0.5, 0.6) is 0 Å². The number of furan rings is 1. The van der Waals surface area contributed by atoms with Gasteiger partial charge in [0.1, 0.15) is 11.5 Å². The number of carbonyl (C=O) groups is 1. The predicted molar refractivity (Wildman–Crippen MR) is 97.3 cm³/mol. The average Bonchev–Trinajstić information content (AvgIpc) is 3.28. The number of nitrogens with zero attached hydrogens (tertiary/aromatic N) is 2. The highest BCUT2D eigenvalue weighted by Crippen LogP contribution is 2.26. The van der Waals surface area contributed by atoms with Crippen molar-refractivity contribution in [2.24, 2.45) is 0 Å². The van der Waals surface area contributed by atoms with Gasteiger partial charge in [-0.2, -0.15) is 0 Å². The van der Waals surface area contributed by atoms with Crippen molar-refractivity contribution in [3.05, 3.63) is 53.7 Å². The van der Waals surface area contributed by atoms with Crippen molar-refractivity contribution in [2.45, 2.75) is 45.1 Å². The number of pyridine rings is 1. The zero-order valence-electron chi connectivity index (χ0n) is 15.1. The lowest BCUT2D eigenvalue weighted by atomic mass is 9.98. The second-order valence-electron chi connectivity index (χ2n) is 6.90. The fourth-order valence-corrected chi connectivity index (χ4v) is 3.47. The summed E-state index contributed by atoms with van der Waals surface area (Å²) >= 11 is 0. The van der Waals surface area contributed by atoms with Gasteiger partial charge in [0.2, 0.25) is 5.91 Å². The molecule has 0 unspecified atom stereocenters. The summed E-state index contributed by atoms with van der Waals surface area (Å²) in [6, 6.07) is 8.08. The summed E-state index contributed by atoms with van der Waals surface area (Å²) in [5.41, 5.74) is 1.14. The molecule has 1 aliphatic rings. The number of amides is 1. The van der Waals surface area contributed by atoms with Gasteiger partial charge < -0.3 is 9.73 Å². The van der Waals surface area contributed by atoms with Crippen molar-refractivity contribution in [1.82, 2.24) is 15.2 Å². The standard InChI is InChI=1S/C20H27N3O2/c1-15(17-7-9-21-10-8-17)13-20(24)22-14-18(23-11-3-4-12-23)19-6-5-16(2)25-19/h5-10,15,18H,3-4,11-14H2,1-2H3,(H,22,24)/t15-,18+/m1/s1. The fourth-order valence-electron chi connectivity index (χ4n) is 3.47. The Kier molecular flexibility index (Phi) is 5.87. The summed E-state index contributed by atoms with van der Waals surface area (Å²) in [5, 5.41) is 3.11. The second-order valence-corrected chi connectivity index (χ2v) is 6.90. The van der Waals surface area contributed by atoms with Crippen LogP contribution in [0.2, 0.25) is 0 Å². The minimum atomic E-state index is 0.0804. The van der Waals surface area contributed by atoms with Gasteiger partial charge in [-0.05, 0) is 68.6 Å². The van der Waals surface area contributed by atoms with E-state index in [0.717, 1.165) is 30.2 Å². The molecule has 134 valence electrons. The van der Waals surface area contributed by atoms with Crippen LogP contribution in [0.25, 0.3) is 0 Å². The van der Waals surface area contributed by atoms with Gasteiger partial charge in [0.15, 0.2) is 0 Å². The molecule has 1 fully saturated rings. The Morgan fingerprint density at radius 3 is 2.60 bits per heavy atom. The van der Waals surface area contributed by atoms with Crippen LogP contribution < -0.4 is 5.32 Å². The summed E-state index contributed by atoms with van der Waals surface area (Å²) in [6.45, 7) is 6.75. The van der Waals surface area contributed by atoms with Crippen LogP contribution in [0.4, 0.5) is 0 Å². The van der Waals surface area contributed by atoms with Gasteiger partial charge in [0.05, 0.1) is 6.04 Å². The van der Waals surface area contributed by atoms with E-state index in [1.165, 1.54) is 12.8 Å². The fraction of sp³-hybridized carbons (Fsp3) is 0.500. The Bertz CT molecular complexity index is 677. The highest BCUT2D eigenvalue weighted by Gasteiger charge is 2.26. The highest BCUT2D eigenvalue weighted by atomic mass is 16.3. The Labute approximate surface area is 149 Å². The second kappa shape index (κ2) is 8.30. The first kappa shape index (κ1) is 17.7. The molecule has 0 aliphatic carbocycles. The molecule has 0 radical (unpaired) electrons. The molecule has 1 saturated heterocycles. The van der Waals surface area contributed by atoms with E-state index in [1.807, 2.05) is 31.2 Å². The molecular formula is C20H27N3O2. The third-order valence-electron chi connectivity index (χ3n) is 4.93. The lowest BCUT2D eigenvalue weighted by Gasteiger charge is -2.26. The summed E-state index contributed by atoms with van der Waals surface area (Å²) in [4.78, 5) is 18.8. The van der Waals surface area contributed by atoms with Gasteiger partial charge in [0, 0.05) is 25.4 Å². The lowest BCUT2D eigenvalue weighted by molar-refractivity contribution is -0.121. The van der Waals surface area contributed by atoms with E-state index in [4.69, 9.17) is 4.42 Å². The zero-order chi connectivity index (χ0) is 17.6. The minimum Gasteiger partial charge on any atom is -0.465 e. The minimum absolute atomic E-state index is 0.0804. The summed E-state index contributed by atoms with van der Waals surface area (Å²) in [6.07, 6.45) is 6.44. The van der Waals surface area contributed by atoms with Gasteiger partial charge in [-0.25, -0.2) is 0 Å². The molecule has 0 aromatic carbocycles. The van der Waals surface area contributed by atoms with Crippen LogP contribution in [-0.4, -0.2) is 35.4 Å². The van der Waals surface area contributed by atoms with E-state index in [9.17, 15) is 4.79 Å². The van der Waals surface area contributed by atoms with Crippen molar-refractivity contribution in [1.29, 1.82) is 0 Å². The smallest absolute Gasteiger partial charge is 0.220 e. The Balaban J connectivity index is 1.58. The Morgan fingerprint density at radius 1 is 1.24 bits per heavy atom. The normalized spacial score (nSPS) is 17.4. The predicted octanol–water partition coefficient (Wildman–Crippen LogP) is 3.43. The van der Waals surface area contributed by atoms with Gasteiger partial charge in [-0.3, -0.25) is 14.7 Å². The molecule has 2 atom stereocenters. The number of aryl methyl sites for hydroxylation is 1. The van der Waals surface area contributed by atoms with Crippen LogP contribution >= 0.6 is 0 Å². The SMILES string of the molecule is Cc1ccc([C@H](CNC(=O)C[C@@H](C)c2ccncc2)N2CCCC2)o1. The molecule has 3 heterocycles. The van der Waals surface area contributed by atoms with Gasteiger partial charge >= 0.3 is 0 Å². The number of hydrogen-bond donors (Lipinski definition) is 1. The highest BCUT2D eigenvalue weighted by molar-refractivity contribution is 5.76. The maximum Gasteiger partial charge on any atom is 0.220 e. The zero-order valence-corrected chi connectivity index (χ0v) is 15.1. The number of nitrogens with one attached hydrogen (secondary N) is 1. The first-order chi connectivity index (χ1) is 12.1. The van der Waals surface area contributed by atoms with Crippen LogP contribution in [-0.2, 0) is 4.79 Å². The molecule has 2 aromatic rings. The summed E-state index contributed by atoms with van der Waals surface area (Å²) in [7, 11) is 0. The molecule has 0 bridgehead atoms. The molecule has 5 nitrogen and oxygen atoms in total. The van der Waals surface area contributed by atoms with E-state index < -0.39 is 0 Å². The van der Waals surface area contributed by atoms with E-state index in [2.05, 4.69) is 22.1 Å². The molecule has 1 N–H and O–H groups in total. The third-order valence-corrected chi connectivity index (χ3v) is 4.93. The Hall–Kier alpha value is -2.14. The molecule has 25 heavy (non-hydrogen) atoms. The molecule has 1 aliphatic heterocycles. The molecule has 1 amide bonds. The maximum atomic E-state index is 12.4. The molecule has 3 rings (SSSR count). The third kappa shape index (κ3) is 4.69. The number of hydrogen-bond acceptors (Lipinski definition) is 4. The number of carbonyl (C=O) groups excluding carboxylic acids is 1. The van der Waals surface area contributed by atoms with Crippen molar-refractivity contribution in [2.75, 3.05) is 19.6 Å². The van der Waals surface area contributed by atoms with Gasteiger partial charge in [0.25, 0.3) is 0 Å². The molecular weight excluding hydrogens is 314 g/mol. The molecule has 2 aromatic heterocycles. The van der Waals surface area contributed by atoms with Crippen LogP contribution in [0, 0.1) is 6.92 Å². The monoisotopic (exact) mass is 341 g/mol. The van der Waals surface area contributed by atoms with E-state index in [0.29, 0.717) is 13.0 Å². The Morgan fingerprint density at radius 2 is 1.96 bits per heavy atom. The number of aromatic nitrogens is 1. The van der Waals surface area contributed by atoms with E-state index in [-0.39, 0.29) is 17.9 Å². The molecule has 0 saturated carbocycles. The maximum absolute atomic E-state index is 12.4. The van der Waals surface area contributed by atoms with Crippen LogP contribution in [0.15, 0.2) is 41.1 Å². The van der Waals surface area contributed by atoms with E-state index >= 15 is 0 Å². The lowest BCUT2D eigenvalue weighted by Crippen LogP contribution is -2.36. The first-order valence-corrected chi connectivity index (χ1v) is 9.10. The molecule has 5 heteroatoms. The topological polar surface area (TPSA) is 58.4 Å². The summed E-state index contributed by atoms with van der Waals surface area (Å²) < 4.78 is 5.84. The molecule has 0 spiro atoms. The van der Waals surface area contributed by atoms with Crippen LogP contribution in [0.1, 0.15) is 55.2 Å². The van der Waals surface area contributed by atoms with Crippen LogP contribution in [0.3, 0.4) is 0 Å². The average molecular weight is 341 g/mol. The van der Waals surface area contributed by atoms with Crippen molar-refractivity contribution in [3.8, 4) is 0 Å². The summed E-state index contributed by atoms with van der Waals surface area (Å²) in [5.74, 6) is 2.12. The quantitative estimate of drug-likeness (QED) is 0.838. The van der Waals surface area contributed by atoms with Crippen molar-refractivity contribution in [3.63, 3.8) is 0 Å². The van der Waals surface area contributed by atoms with Crippen molar-refractivity contribution >= 4 is 5.91 Å². The largest absolute Gasteiger partial charge is 0.465 e. The van der Waals surface area contributed by atoms with Crippen molar-refractivity contribution < 1.29 is 9.21 Å². The van der Waals surface area contributed by atoms with Gasteiger partial charge in [-0.1, -0.05) is 6.92 Å². The number of likely N-dealkylation sites (tertiary alicyclic amines) is 1. The van der Waals surface area contributed by atoms with Gasteiger partial charge in [-0.15, -0.1) is 0 Å². The number of rotatable bonds is 7.